The standard InChI is InChI=1S/C32H21BrN2O3/c33-17-13-15-18(16-14-17)35-27-19-7-1-3-9-21(19)29(36)25(27)32(23-11-5-6-12-24(23)34-31(32)38)26-28(35)20-8-2-4-10-22(20)30(26)37/h1-16,25-28H,(H,34,38). The summed E-state index contributed by atoms with van der Waals surface area (Å²) in [7, 11) is 0. The number of benzene rings is 4. The maximum atomic E-state index is 14.4. The Balaban J connectivity index is 1.51. The van der Waals surface area contributed by atoms with Crippen molar-refractivity contribution in [3.05, 3.63) is 129 Å². The second-order valence-electron chi connectivity index (χ2n) is 10.5. The van der Waals surface area contributed by atoms with Crippen molar-refractivity contribution < 1.29 is 14.4 Å². The van der Waals surface area contributed by atoms with E-state index in [-0.39, 0.29) is 17.5 Å². The SMILES string of the molecule is O=C1c2ccccc2C2C1C1(C(=O)Nc3ccccc31)C1C(=O)c3ccccc3C1N2c1ccc(Br)cc1. The van der Waals surface area contributed by atoms with Crippen molar-refractivity contribution in [1.29, 1.82) is 0 Å². The summed E-state index contributed by atoms with van der Waals surface area (Å²) in [6.07, 6.45) is 0. The molecule has 5 nitrogen and oxygen atoms in total. The molecule has 0 radical (unpaired) electrons. The van der Waals surface area contributed by atoms with Gasteiger partial charge in [-0.2, -0.15) is 0 Å². The predicted octanol–water partition coefficient (Wildman–Crippen LogP) is 6.27. The minimum atomic E-state index is -1.33. The maximum absolute atomic E-state index is 14.4. The Bertz CT molecular complexity index is 1640. The molecule has 184 valence electrons. The summed E-state index contributed by atoms with van der Waals surface area (Å²) < 4.78 is 0.942. The lowest BCUT2D eigenvalue weighted by atomic mass is 9.55. The fourth-order valence-corrected chi connectivity index (χ4v) is 7.96. The van der Waals surface area contributed by atoms with E-state index < -0.39 is 29.3 Å². The number of rotatable bonds is 1. The van der Waals surface area contributed by atoms with E-state index >= 15 is 0 Å². The second kappa shape index (κ2) is 7.51. The Morgan fingerprint density at radius 2 is 1.18 bits per heavy atom. The van der Waals surface area contributed by atoms with Crippen LogP contribution in [0.1, 0.15) is 49.5 Å². The van der Waals surface area contributed by atoms with Crippen molar-refractivity contribution in [3.8, 4) is 0 Å². The van der Waals surface area contributed by atoms with Gasteiger partial charge in [-0.1, -0.05) is 82.7 Å². The Hall–Kier alpha value is -4.03. The molecule has 4 atom stereocenters. The van der Waals surface area contributed by atoms with E-state index in [9.17, 15) is 14.4 Å². The van der Waals surface area contributed by atoms with E-state index in [4.69, 9.17) is 0 Å². The van der Waals surface area contributed by atoms with Crippen LogP contribution in [0.5, 0.6) is 0 Å². The smallest absolute Gasteiger partial charge is 0.236 e. The molecule has 0 aromatic heterocycles. The van der Waals surface area contributed by atoms with Crippen LogP contribution in [0.3, 0.4) is 0 Å². The number of halogens is 1. The van der Waals surface area contributed by atoms with Gasteiger partial charge in [0.15, 0.2) is 11.6 Å². The highest BCUT2D eigenvalue weighted by Crippen LogP contribution is 2.67. The summed E-state index contributed by atoms with van der Waals surface area (Å²) in [5.41, 5.74) is 4.06. The highest BCUT2D eigenvalue weighted by atomic mass is 79.9. The summed E-state index contributed by atoms with van der Waals surface area (Å²) in [6, 6.07) is 30.1. The van der Waals surface area contributed by atoms with E-state index in [1.54, 1.807) is 0 Å². The largest absolute Gasteiger partial charge is 0.356 e. The third-order valence-corrected chi connectivity index (χ3v) is 9.52. The molecule has 6 heteroatoms. The van der Waals surface area contributed by atoms with Crippen LogP contribution in [-0.2, 0) is 10.2 Å². The molecule has 0 saturated carbocycles. The van der Waals surface area contributed by atoms with Crippen molar-refractivity contribution in [2.45, 2.75) is 17.5 Å². The maximum Gasteiger partial charge on any atom is 0.236 e. The third kappa shape index (κ3) is 2.49. The van der Waals surface area contributed by atoms with Crippen LogP contribution in [0, 0.1) is 11.8 Å². The number of nitrogens with one attached hydrogen (secondary N) is 1. The number of anilines is 2. The minimum Gasteiger partial charge on any atom is -0.356 e. The van der Waals surface area contributed by atoms with Gasteiger partial charge in [0.25, 0.3) is 0 Å². The van der Waals surface area contributed by atoms with E-state index in [0.29, 0.717) is 16.8 Å². The van der Waals surface area contributed by atoms with Crippen molar-refractivity contribution in [2.75, 3.05) is 10.2 Å². The fourth-order valence-electron chi connectivity index (χ4n) is 7.69. The predicted molar refractivity (Wildman–Crippen MR) is 147 cm³/mol. The van der Waals surface area contributed by atoms with Crippen LogP contribution in [-0.4, -0.2) is 17.5 Å². The first-order valence-corrected chi connectivity index (χ1v) is 13.5. The summed E-state index contributed by atoms with van der Waals surface area (Å²) >= 11 is 3.55. The second-order valence-corrected chi connectivity index (χ2v) is 11.4. The zero-order chi connectivity index (χ0) is 25.8. The molecule has 38 heavy (non-hydrogen) atoms. The molecule has 2 aliphatic carbocycles. The van der Waals surface area contributed by atoms with E-state index in [1.165, 1.54) is 0 Å². The van der Waals surface area contributed by atoms with Gasteiger partial charge < -0.3 is 10.2 Å². The molecule has 4 unspecified atom stereocenters. The molecule has 1 N–H and O–H groups in total. The first-order valence-electron chi connectivity index (χ1n) is 12.7. The average Bonchev–Trinajstić information content (AvgIpc) is 3.52. The molecule has 4 aliphatic rings. The van der Waals surface area contributed by atoms with Crippen LogP contribution in [0.25, 0.3) is 0 Å². The summed E-state index contributed by atoms with van der Waals surface area (Å²) in [5, 5.41) is 3.07. The average molecular weight is 561 g/mol. The zero-order valence-electron chi connectivity index (χ0n) is 20.1. The van der Waals surface area contributed by atoms with Gasteiger partial charge in [-0.3, -0.25) is 14.4 Å². The molecule has 1 amide bonds. The molecule has 1 saturated heterocycles. The van der Waals surface area contributed by atoms with Gasteiger partial charge in [-0.25, -0.2) is 0 Å². The number of Topliss-reactive ketones (excluding diaryl/α,β-unsaturated/α-hetero) is 2. The Morgan fingerprint density at radius 3 is 1.79 bits per heavy atom. The van der Waals surface area contributed by atoms with Gasteiger partial charge in [0.2, 0.25) is 5.91 Å². The van der Waals surface area contributed by atoms with Crippen molar-refractivity contribution in [2.24, 2.45) is 11.8 Å². The quantitative estimate of drug-likeness (QED) is 0.298. The molecular formula is C32H21BrN2O3. The molecule has 2 aliphatic heterocycles. The van der Waals surface area contributed by atoms with Crippen LogP contribution in [0.2, 0.25) is 0 Å². The molecule has 1 fully saturated rings. The van der Waals surface area contributed by atoms with E-state index in [1.807, 2.05) is 97.1 Å². The Labute approximate surface area is 227 Å². The minimum absolute atomic E-state index is 0.0817. The Morgan fingerprint density at radius 1 is 0.658 bits per heavy atom. The lowest BCUT2D eigenvalue weighted by Gasteiger charge is -2.54. The molecule has 4 aromatic rings. The zero-order valence-corrected chi connectivity index (χ0v) is 21.7. The molecular weight excluding hydrogens is 540 g/mol. The first-order chi connectivity index (χ1) is 18.5. The molecule has 2 heterocycles. The number of para-hydroxylation sites is 1. The molecule has 1 spiro atoms. The number of carbonyl (C=O) groups is 3. The summed E-state index contributed by atoms with van der Waals surface area (Å²) in [5.74, 6) is -1.94. The van der Waals surface area contributed by atoms with Gasteiger partial charge in [0.1, 0.15) is 5.41 Å². The number of hydrogen-bond acceptors (Lipinski definition) is 4. The fraction of sp³-hybridized carbons (Fsp3) is 0.156. The van der Waals surface area contributed by atoms with Gasteiger partial charge in [-0.05, 0) is 47.0 Å². The lowest BCUT2D eigenvalue weighted by Crippen LogP contribution is -2.62. The lowest BCUT2D eigenvalue weighted by molar-refractivity contribution is -0.125. The number of carbonyl (C=O) groups excluding carboxylic acids is 3. The van der Waals surface area contributed by atoms with Crippen LogP contribution < -0.4 is 10.2 Å². The van der Waals surface area contributed by atoms with Crippen molar-refractivity contribution in [3.63, 3.8) is 0 Å². The van der Waals surface area contributed by atoms with Crippen molar-refractivity contribution >= 4 is 44.8 Å². The highest BCUT2D eigenvalue weighted by molar-refractivity contribution is 9.10. The van der Waals surface area contributed by atoms with Gasteiger partial charge in [-0.15, -0.1) is 0 Å². The van der Waals surface area contributed by atoms with Gasteiger partial charge >= 0.3 is 0 Å². The number of ketones is 2. The Kier molecular flexibility index (Phi) is 4.35. The highest BCUT2D eigenvalue weighted by Gasteiger charge is 2.73. The number of nitrogens with zero attached hydrogens (tertiary/aromatic N) is 1. The van der Waals surface area contributed by atoms with Crippen LogP contribution >= 0.6 is 15.9 Å². The normalized spacial score (nSPS) is 28.0. The summed E-state index contributed by atoms with van der Waals surface area (Å²) in [4.78, 5) is 45.4. The molecule has 4 aromatic carbocycles. The number of fused-ring (bicyclic) bond motifs is 10. The van der Waals surface area contributed by atoms with E-state index in [0.717, 1.165) is 26.9 Å². The number of amides is 1. The van der Waals surface area contributed by atoms with Gasteiger partial charge in [0, 0.05) is 27.0 Å². The molecule has 8 rings (SSSR count). The van der Waals surface area contributed by atoms with Gasteiger partial charge in [0.05, 0.1) is 23.9 Å². The number of hydrogen-bond donors (Lipinski definition) is 1. The monoisotopic (exact) mass is 560 g/mol. The first kappa shape index (κ1) is 22.0. The summed E-state index contributed by atoms with van der Waals surface area (Å²) in [6.45, 7) is 0. The molecule has 0 bridgehead atoms. The topological polar surface area (TPSA) is 66.5 Å². The third-order valence-electron chi connectivity index (χ3n) is 8.99. The van der Waals surface area contributed by atoms with E-state index in [2.05, 4.69) is 26.1 Å². The van der Waals surface area contributed by atoms with Crippen molar-refractivity contribution in [1.82, 2.24) is 0 Å². The number of piperidine rings is 1. The van der Waals surface area contributed by atoms with Crippen LogP contribution in [0.4, 0.5) is 11.4 Å². The van der Waals surface area contributed by atoms with Crippen LogP contribution in [0.15, 0.2) is 102 Å².